The monoisotopic (exact) mass is 472 g/mol. The summed E-state index contributed by atoms with van der Waals surface area (Å²) in [6.07, 6.45) is -4.53. The predicted octanol–water partition coefficient (Wildman–Crippen LogP) is 6.29. The van der Waals surface area contributed by atoms with Crippen LogP contribution in [0.25, 0.3) is 0 Å². The molecule has 2 aromatic rings. The summed E-state index contributed by atoms with van der Waals surface area (Å²) in [4.78, 5) is 11.4. The number of halogens is 9. The minimum Gasteiger partial charge on any atom is -0.324 e. The number of hydrogen-bond donors (Lipinski definition) is 1. The highest BCUT2D eigenvalue weighted by Gasteiger charge is 2.34. The van der Waals surface area contributed by atoms with Crippen molar-refractivity contribution in [1.29, 1.82) is 0 Å². The molecule has 0 aliphatic carbocycles. The van der Waals surface area contributed by atoms with Crippen LogP contribution < -0.4 is 5.32 Å². The van der Waals surface area contributed by atoms with Crippen LogP contribution in [-0.4, -0.2) is 15.0 Å². The van der Waals surface area contributed by atoms with Crippen molar-refractivity contribution < 1.29 is 13.2 Å². The van der Waals surface area contributed by atoms with Crippen LogP contribution in [0.15, 0.2) is 24.3 Å². The third kappa shape index (κ3) is 5.77. The summed E-state index contributed by atoms with van der Waals surface area (Å²) in [5, 5.41) is 2.53. The molecule has 0 fully saturated rings. The molecule has 0 aliphatic rings. The molecule has 0 saturated heterocycles. The number of alkyl halides is 9. The molecule has 1 heterocycles. The van der Waals surface area contributed by atoms with Gasteiger partial charge in [0.1, 0.15) is 0 Å². The second kappa shape index (κ2) is 7.29. The fraction of sp³-hybridized carbons (Fsp3) is 0.250. The molecule has 2 rings (SSSR count). The molecule has 1 aromatic heterocycles. The van der Waals surface area contributed by atoms with Crippen molar-refractivity contribution in [2.75, 3.05) is 5.32 Å². The van der Waals surface area contributed by atoms with Crippen molar-refractivity contribution >= 4 is 81.2 Å². The fourth-order valence-electron chi connectivity index (χ4n) is 1.59. The van der Waals surface area contributed by atoms with Gasteiger partial charge in [-0.15, -0.1) is 0 Å². The number of anilines is 2. The average molecular weight is 475 g/mol. The molecule has 0 spiro atoms. The molecule has 0 saturated carbocycles. The van der Waals surface area contributed by atoms with Crippen LogP contribution in [0.2, 0.25) is 0 Å². The summed E-state index contributed by atoms with van der Waals surface area (Å²) in [6.45, 7) is 0. The second-order valence-electron chi connectivity index (χ2n) is 4.51. The third-order valence-corrected chi connectivity index (χ3v) is 3.60. The molecule has 0 unspecified atom stereocenters. The molecular formula is C12H5Cl6F3N4. The zero-order valence-electron chi connectivity index (χ0n) is 11.6. The van der Waals surface area contributed by atoms with Gasteiger partial charge in [0.05, 0.1) is 5.56 Å². The van der Waals surface area contributed by atoms with Crippen LogP contribution in [0.4, 0.5) is 24.8 Å². The Morgan fingerprint density at radius 3 is 1.76 bits per heavy atom. The lowest BCUT2D eigenvalue weighted by Crippen LogP contribution is -2.17. The molecule has 0 bridgehead atoms. The summed E-state index contributed by atoms with van der Waals surface area (Å²) in [5.74, 6) is -1.01. The van der Waals surface area contributed by atoms with Crippen molar-refractivity contribution in [2.45, 2.75) is 13.8 Å². The summed E-state index contributed by atoms with van der Waals surface area (Å²) < 4.78 is 34.2. The first kappa shape index (κ1) is 20.9. The summed E-state index contributed by atoms with van der Waals surface area (Å²) in [6, 6.07) is 4.28. The minimum atomic E-state index is -4.53. The Balaban J connectivity index is 2.46. The van der Waals surface area contributed by atoms with E-state index in [9.17, 15) is 13.2 Å². The highest BCUT2D eigenvalue weighted by molar-refractivity contribution is 6.67. The molecule has 4 nitrogen and oxygen atoms in total. The minimum absolute atomic E-state index is 0.0200. The normalized spacial score (nSPS) is 13.0. The largest absolute Gasteiger partial charge is 0.416 e. The first-order chi connectivity index (χ1) is 11.3. The molecule has 1 N–H and O–H groups in total. The van der Waals surface area contributed by atoms with Gasteiger partial charge in [-0.05, 0) is 18.2 Å². The Kier molecular flexibility index (Phi) is 6.08. The van der Waals surface area contributed by atoms with Crippen LogP contribution in [0.3, 0.4) is 0 Å². The van der Waals surface area contributed by atoms with E-state index in [-0.39, 0.29) is 23.3 Å². The van der Waals surface area contributed by atoms with Crippen LogP contribution in [-0.2, 0) is 13.8 Å². The van der Waals surface area contributed by atoms with E-state index in [1.807, 2.05) is 0 Å². The average Bonchev–Trinajstić information content (AvgIpc) is 2.44. The summed E-state index contributed by atoms with van der Waals surface area (Å²) in [5.41, 5.74) is -0.860. The molecule has 13 heteroatoms. The van der Waals surface area contributed by atoms with Gasteiger partial charge in [-0.25, -0.2) is 4.98 Å². The highest BCUT2D eigenvalue weighted by Crippen LogP contribution is 2.40. The molecule has 0 radical (unpaired) electrons. The van der Waals surface area contributed by atoms with Gasteiger partial charge in [0.15, 0.2) is 11.6 Å². The van der Waals surface area contributed by atoms with Gasteiger partial charge < -0.3 is 5.32 Å². The smallest absolute Gasteiger partial charge is 0.324 e. The SMILES string of the molecule is FC(F)(F)c1cccc(Nc2nc(C(Cl)(Cl)Cl)nc(C(Cl)(Cl)Cl)n2)c1. The van der Waals surface area contributed by atoms with Crippen molar-refractivity contribution in [3.8, 4) is 0 Å². The lowest BCUT2D eigenvalue weighted by molar-refractivity contribution is -0.137. The summed E-state index contributed by atoms with van der Waals surface area (Å²) >= 11 is 34.3. The van der Waals surface area contributed by atoms with Gasteiger partial charge in [-0.3, -0.25) is 0 Å². The fourth-order valence-corrected chi connectivity index (χ4v) is 2.09. The first-order valence-electron chi connectivity index (χ1n) is 6.11. The van der Waals surface area contributed by atoms with Gasteiger partial charge in [-0.2, -0.15) is 23.1 Å². The van der Waals surface area contributed by atoms with E-state index >= 15 is 0 Å². The highest BCUT2D eigenvalue weighted by atomic mass is 35.6. The van der Waals surface area contributed by atoms with E-state index in [4.69, 9.17) is 69.6 Å². The molecule has 0 aliphatic heterocycles. The number of aromatic nitrogens is 3. The maximum absolute atomic E-state index is 12.8. The van der Waals surface area contributed by atoms with Crippen LogP contribution in [0, 0.1) is 0 Å². The second-order valence-corrected chi connectivity index (χ2v) is 9.07. The molecule has 25 heavy (non-hydrogen) atoms. The van der Waals surface area contributed by atoms with Crippen molar-refractivity contribution in [2.24, 2.45) is 0 Å². The van der Waals surface area contributed by atoms with Crippen molar-refractivity contribution in [3.63, 3.8) is 0 Å². The predicted molar refractivity (Wildman–Crippen MR) is 93.0 cm³/mol. The standard InChI is InChI=1S/C12H5Cl6F3N4/c13-10(14,15)7-23-8(11(16,17)18)25-9(24-7)22-6-3-1-2-5(4-6)12(19,20)21/h1-4H,(H,22,23,24,25). The Morgan fingerprint density at radius 2 is 1.32 bits per heavy atom. The molecule has 1 aromatic carbocycles. The Bertz CT molecular complexity index is 740. The Hall–Kier alpha value is -0.440. The van der Waals surface area contributed by atoms with Crippen LogP contribution in [0.1, 0.15) is 17.2 Å². The molecule has 0 atom stereocenters. The number of hydrogen-bond acceptors (Lipinski definition) is 4. The molecular weight excluding hydrogens is 470 g/mol. The van der Waals surface area contributed by atoms with E-state index < -0.39 is 19.3 Å². The van der Waals surface area contributed by atoms with E-state index in [0.29, 0.717) is 0 Å². The molecule has 0 amide bonds. The van der Waals surface area contributed by atoms with Gasteiger partial charge >= 0.3 is 6.18 Å². The van der Waals surface area contributed by atoms with Crippen LogP contribution >= 0.6 is 69.6 Å². The maximum atomic E-state index is 12.8. The lowest BCUT2D eigenvalue weighted by atomic mass is 10.2. The summed E-state index contributed by atoms with van der Waals surface area (Å²) in [7, 11) is 0. The van der Waals surface area contributed by atoms with E-state index in [0.717, 1.165) is 12.1 Å². The Labute approximate surface area is 169 Å². The lowest BCUT2D eigenvalue weighted by Gasteiger charge is -2.16. The Morgan fingerprint density at radius 1 is 0.800 bits per heavy atom. The topological polar surface area (TPSA) is 50.7 Å². The third-order valence-electron chi connectivity index (χ3n) is 2.59. The van der Waals surface area contributed by atoms with Crippen LogP contribution in [0.5, 0.6) is 0 Å². The van der Waals surface area contributed by atoms with Gasteiger partial charge in [0.2, 0.25) is 13.5 Å². The van der Waals surface area contributed by atoms with E-state index in [1.165, 1.54) is 12.1 Å². The number of benzene rings is 1. The van der Waals surface area contributed by atoms with Gasteiger partial charge in [0, 0.05) is 5.69 Å². The quantitative estimate of drug-likeness (QED) is 0.520. The molecule has 136 valence electrons. The number of rotatable bonds is 2. The maximum Gasteiger partial charge on any atom is 0.416 e. The zero-order chi connectivity index (χ0) is 19.0. The number of nitrogens with one attached hydrogen (secondary N) is 1. The van der Waals surface area contributed by atoms with E-state index in [1.54, 1.807) is 0 Å². The van der Waals surface area contributed by atoms with Crippen molar-refractivity contribution in [3.05, 3.63) is 41.5 Å². The number of nitrogens with zero attached hydrogens (tertiary/aromatic N) is 3. The van der Waals surface area contributed by atoms with E-state index in [2.05, 4.69) is 20.3 Å². The first-order valence-corrected chi connectivity index (χ1v) is 8.38. The zero-order valence-corrected chi connectivity index (χ0v) is 16.1. The van der Waals surface area contributed by atoms with Crippen molar-refractivity contribution in [1.82, 2.24) is 15.0 Å². The van der Waals surface area contributed by atoms with Gasteiger partial charge in [0.25, 0.3) is 0 Å². The van der Waals surface area contributed by atoms with Gasteiger partial charge in [-0.1, -0.05) is 75.7 Å².